The zero-order valence-electron chi connectivity index (χ0n) is 26.6. The van der Waals surface area contributed by atoms with Crippen molar-refractivity contribution in [2.24, 2.45) is 0 Å². The highest BCUT2D eigenvalue weighted by atomic mass is 16.3. The Morgan fingerprint density at radius 2 is 0.878 bits per heavy atom. The zero-order valence-corrected chi connectivity index (χ0v) is 26.6. The Kier molecular flexibility index (Phi) is 6.28. The molecule has 10 rings (SSSR count). The van der Waals surface area contributed by atoms with E-state index < -0.39 is 0 Å². The van der Waals surface area contributed by atoms with Crippen LogP contribution >= 0.6 is 0 Å². The molecule has 2 nitrogen and oxygen atoms in total. The van der Waals surface area contributed by atoms with Crippen LogP contribution in [0.3, 0.4) is 0 Å². The Balaban J connectivity index is 1.13. The van der Waals surface area contributed by atoms with Gasteiger partial charge in [0.15, 0.2) is 0 Å². The predicted molar refractivity (Wildman–Crippen MR) is 203 cm³/mol. The molecular formula is C47H30O2. The average Bonchev–Trinajstić information content (AvgIpc) is 3.74. The first-order valence-corrected chi connectivity index (χ1v) is 16.8. The molecule has 0 aliphatic heterocycles. The molecule has 0 saturated carbocycles. The van der Waals surface area contributed by atoms with Crippen LogP contribution in [0.2, 0.25) is 0 Å². The van der Waals surface area contributed by atoms with Gasteiger partial charge < -0.3 is 8.83 Å². The highest BCUT2D eigenvalue weighted by Gasteiger charge is 2.21. The largest absolute Gasteiger partial charge is 0.455 e. The smallest absolute Gasteiger partial charge is 0.143 e. The minimum Gasteiger partial charge on any atom is -0.455 e. The van der Waals surface area contributed by atoms with Crippen molar-refractivity contribution in [3.05, 3.63) is 193 Å². The Hall–Kier alpha value is -6.38. The van der Waals surface area contributed by atoms with Crippen LogP contribution in [-0.4, -0.2) is 0 Å². The van der Waals surface area contributed by atoms with Crippen molar-refractivity contribution < 1.29 is 8.83 Å². The molecule has 2 aromatic heterocycles. The number of rotatable bonds is 5. The summed E-state index contributed by atoms with van der Waals surface area (Å²) in [6.07, 6.45) is 0. The molecule has 0 spiro atoms. The summed E-state index contributed by atoms with van der Waals surface area (Å²) in [5.74, 6) is 0.0423. The van der Waals surface area contributed by atoms with Gasteiger partial charge in [-0.25, -0.2) is 0 Å². The van der Waals surface area contributed by atoms with E-state index in [2.05, 4.69) is 164 Å². The second kappa shape index (κ2) is 11.1. The average molecular weight is 627 g/mol. The predicted octanol–water partition coefficient (Wildman–Crippen LogP) is 13.2. The van der Waals surface area contributed by atoms with Gasteiger partial charge >= 0.3 is 0 Å². The lowest BCUT2D eigenvalue weighted by Gasteiger charge is -2.19. The van der Waals surface area contributed by atoms with Crippen LogP contribution in [0.1, 0.15) is 22.6 Å². The van der Waals surface area contributed by atoms with Gasteiger partial charge in [-0.2, -0.15) is 0 Å². The molecule has 10 aromatic rings. The van der Waals surface area contributed by atoms with Crippen LogP contribution < -0.4 is 0 Å². The van der Waals surface area contributed by atoms with Crippen molar-refractivity contribution in [2.45, 2.75) is 5.92 Å². The van der Waals surface area contributed by atoms with E-state index in [9.17, 15) is 0 Å². The van der Waals surface area contributed by atoms with E-state index in [0.717, 1.165) is 60.4 Å². The molecule has 0 fully saturated rings. The summed E-state index contributed by atoms with van der Waals surface area (Å²) in [7, 11) is 0. The molecule has 0 radical (unpaired) electrons. The van der Waals surface area contributed by atoms with Gasteiger partial charge in [-0.1, -0.05) is 152 Å². The zero-order chi connectivity index (χ0) is 32.3. The van der Waals surface area contributed by atoms with Crippen LogP contribution in [0.4, 0.5) is 0 Å². The summed E-state index contributed by atoms with van der Waals surface area (Å²) in [5.41, 5.74) is 12.0. The molecule has 230 valence electrons. The number of fused-ring (bicyclic) bond motifs is 8. The van der Waals surface area contributed by atoms with Crippen molar-refractivity contribution >= 4 is 54.6 Å². The van der Waals surface area contributed by atoms with E-state index in [1.54, 1.807) is 0 Å². The van der Waals surface area contributed by atoms with Crippen LogP contribution in [0.5, 0.6) is 0 Å². The number of furan rings is 2. The molecule has 0 N–H and O–H groups in total. The molecule has 8 aromatic carbocycles. The van der Waals surface area contributed by atoms with Crippen LogP contribution in [0, 0.1) is 0 Å². The molecule has 1 unspecified atom stereocenters. The van der Waals surface area contributed by atoms with E-state index in [1.165, 1.54) is 33.2 Å². The first kappa shape index (κ1) is 27.7. The van der Waals surface area contributed by atoms with Gasteiger partial charge in [0, 0.05) is 38.4 Å². The van der Waals surface area contributed by atoms with E-state index in [4.69, 9.17) is 8.83 Å². The van der Waals surface area contributed by atoms with E-state index in [1.807, 2.05) is 12.1 Å². The molecule has 0 bridgehead atoms. The third kappa shape index (κ3) is 4.49. The van der Waals surface area contributed by atoms with Gasteiger partial charge in [0.1, 0.15) is 22.3 Å². The van der Waals surface area contributed by atoms with Gasteiger partial charge in [0.05, 0.1) is 0 Å². The molecule has 2 heteroatoms. The minimum absolute atomic E-state index is 0.0423. The van der Waals surface area contributed by atoms with Gasteiger partial charge in [-0.15, -0.1) is 0 Å². The monoisotopic (exact) mass is 626 g/mol. The summed E-state index contributed by atoms with van der Waals surface area (Å²) in [6, 6.07) is 62.7. The second-order valence-electron chi connectivity index (χ2n) is 12.8. The van der Waals surface area contributed by atoms with Gasteiger partial charge in [-0.05, 0) is 63.0 Å². The normalized spacial score (nSPS) is 12.4. The fourth-order valence-corrected chi connectivity index (χ4v) is 7.70. The van der Waals surface area contributed by atoms with Crippen molar-refractivity contribution in [2.75, 3.05) is 0 Å². The minimum atomic E-state index is 0.0423. The van der Waals surface area contributed by atoms with E-state index in [-0.39, 0.29) is 5.92 Å². The Morgan fingerprint density at radius 3 is 1.69 bits per heavy atom. The number of hydrogen-bond donors (Lipinski definition) is 0. The van der Waals surface area contributed by atoms with E-state index in [0.29, 0.717) is 0 Å². The number of para-hydroxylation sites is 2. The van der Waals surface area contributed by atoms with Crippen LogP contribution in [-0.2, 0) is 0 Å². The first-order valence-electron chi connectivity index (χ1n) is 16.8. The fraction of sp³-hybridized carbons (Fsp3) is 0.0213. The molecule has 2 heterocycles. The lowest BCUT2D eigenvalue weighted by molar-refractivity contribution is 0.670. The summed E-state index contributed by atoms with van der Waals surface area (Å²) in [6.45, 7) is 0. The molecule has 1 atom stereocenters. The van der Waals surface area contributed by atoms with Crippen LogP contribution in [0.25, 0.3) is 76.9 Å². The lowest BCUT2D eigenvalue weighted by atomic mass is 9.84. The highest BCUT2D eigenvalue weighted by molar-refractivity contribution is 6.19. The van der Waals surface area contributed by atoms with Crippen molar-refractivity contribution in [1.29, 1.82) is 0 Å². The van der Waals surface area contributed by atoms with Gasteiger partial charge in [0.2, 0.25) is 0 Å². The van der Waals surface area contributed by atoms with E-state index >= 15 is 0 Å². The molecule has 0 amide bonds. The standard InChI is InChI=1S/C47H30O2/c1-3-12-30(13-4-1)40-29-42-41-28-34(26-27-44(41)49-47(42)38-18-8-7-16-36(38)40)45(32-14-5-2-6-15-32)33-24-22-31(23-25-33)35-19-11-20-39-37-17-9-10-21-43(37)48-46(35)39/h1-29,45H. The molecule has 49 heavy (non-hydrogen) atoms. The quantitative estimate of drug-likeness (QED) is 0.178. The fourth-order valence-electron chi connectivity index (χ4n) is 7.70. The Labute approximate surface area is 283 Å². The van der Waals surface area contributed by atoms with Crippen LogP contribution in [0.15, 0.2) is 185 Å². The summed E-state index contributed by atoms with van der Waals surface area (Å²) >= 11 is 0. The maximum Gasteiger partial charge on any atom is 0.143 e. The van der Waals surface area contributed by atoms with Crippen molar-refractivity contribution in [1.82, 2.24) is 0 Å². The topological polar surface area (TPSA) is 26.3 Å². The van der Waals surface area contributed by atoms with Gasteiger partial charge in [-0.3, -0.25) is 0 Å². The SMILES string of the molecule is c1ccc(-c2cc3c4cc(C(c5ccccc5)c5ccc(-c6cccc7c6oc6ccccc67)cc5)ccc4oc3c3ccccc23)cc1. The third-order valence-electron chi connectivity index (χ3n) is 10.0. The van der Waals surface area contributed by atoms with Gasteiger partial charge in [0.25, 0.3) is 0 Å². The molecule has 0 aliphatic rings. The third-order valence-corrected chi connectivity index (χ3v) is 10.0. The molecule has 0 aliphatic carbocycles. The Bertz CT molecular complexity index is 2800. The maximum absolute atomic E-state index is 6.62. The number of benzene rings is 8. The highest BCUT2D eigenvalue weighted by Crippen LogP contribution is 2.42. The summed E-state index contributed by atoms with van der Waals surface area (Å²) < 4.78 is 13.0. The first-order chi connectivity index (χ1) is 24.3. The van der Waals surface area contributed by atoms with Crippen molar-refractivity contribution in [3.63, 3.8) is 0 Å². The Morgan fingerprint density at radius 1 is 0.306 bits per heavy atom. The lowest BCUT2D eigenvalue weighted by Crippen LogP contribution is -2.03. The van der Waals surface area contributed by atoms with Crippen molar-refractivity contribution in [3.8, 4) is 22.3 Å². The molecular weight excluding hydrogens is 597 g/mol. The summed E-state index contributed by atoms with van der Waals surface area (Å²) in [4.78, 5) is 0. The second-order valence-corrected chi connectivity index (χ2v) is 12.8. The molecule has 0 saturated heterocycles. The number of hydrogen-bond acceptors (Lipinski definition) is 2. The summed E-state index contributed by atoms with van der Waals surface area (Å²) in [5, 5.41) is 6.88. The maximum atomic E-state index is 6.62.